The van der Waals surface area contributed by atoms with Crippen LogP contribution in [0, 0.1) is 5.82 Å². The van der Waals surface area contributed by atoms with E-state index in [9.17, 15) is 17.6 Å². The predicted molar refractivity (Wildman–Crippen MR) is 98.1 cm³/mol. The van der Waals surface area contributed by atoms with Crippen molar-refractivity contribution in [1.82, 2.24) is 10.2 Å². The van der Waals surface area contributed by atoms with Gasteiger partial charge in [0.2, 0.25) is 21.1 Å². The molecule has 1 N–H and O–H groups in total. The maximum Gasteiger partial charge on any atom is 0.250 e. The van der Waals surface area contributed by atoms with Crippen LogP contribution in [0.15, 0.2) is 28.6 Å². The molecule has 136 valence electrons. The number of anilines is 2. The number of amides is 1. The number of hydrogen-bond donors (Lipinski definition) is 1. The standard InChI is InChI=1S/C14H17FN4O3S3/c1-4-10(12(20)16-13-17-18-14(23-2)24-13)19(25(3,21)22)11-8-6-5-7-9(11)15/h5-8,10H,4H2,1-3H3,(H,16,17,20). The summed E-state index contributed by atoms with van der Waals surface area (Å²) < 4.78 is 40.1. The molecule has 2 rings (SSSR count). The van der Waals surface area contributed by atoms with Crippen LogP contribution in [0.25, 0.3) is 0 Å². The average Bonchev–Trinajstić information content (AvgIpc) is 3.00. The van der Waals surface area contributed by atoms with E-state index < -0.39 is 27.8 Å². The fourth-order valence-electron chi connectivity index (χ4n) is 2.20. The lowest BCUT2D eigenvalue weighted by atomic mass is 10.2. The van der Waals surface area contributed by atoms with Gasteiger partial charge >= 0.3 is 0 Å². The van der Waals surface area contributed by atoms with Gasteiger partial charge in [0.25, 0.3) is 0 Å². The molecule has 0 aliphatic heterocycles. The van der Waals surface area contributed by atoms with Crippen LogP contribution in [0.2, 0.25) is 0 Å². The zero-order valence-corrected chi connectivity index (χ0v) is 16.2. The van der Waals surface area contributed by atoms with Crippen LogP contribution in [0.1, 0.15) is 13.3 Å². The van der Waals surface area contributed by atoms with Gasteiger partial charge in [-0.05, 0) is 24.8 Å². The van der Waals surface area contributed by atoms with Crippen LogP contribution in [0.5, 0.6) is 0 Å². The number of nitrogens with zero attached hydrogens (tertiary/aromatic N) is 3. The number of benzene rings is 1. The van der Waals surface area contributed by atoms with Gasteiger partial charge in [-0.3, -0.25) is 14.4 Å². The highest BCUT2D eigenvalue weighted by molar-refractivity contribution is 8.00. The second-order valence-electron chi connectivity index (χ2n) is 5.00. The molecule has 0 saturated heterocycles. The van der Waals surface area contributed by atoms with Crippen molar-refractivity contribution in [3.63, 3.8) is 0 Å². The van der Waals surface area contributed by atoms with Crippen molar-refractivity contribution in [2.24, 2.45) is 0 Å². The fraction of sp³-hybridized carbons (Fsp3) is 0.357. The van der Waals surface area contributed by atoms with E-state index in [-0.39, 0.29) is 17.2 Å². The Kier molecular flexibility index (Phi) is 6.36. The summed E-state index contributed by atoms with van der Waals surface area (Å²) in [7, 11) is -3.89. The van der Waals surface area contributed by atoms with Crippen LogP contribution < -0.4 is 9.62 Å². The Morgan fingerprint density at radius 3 is 2.60 bits per heavy atom. The quantitative estimate of drug-likeness (QED) is 0.563. The van der Waals surface area contributed by atoms with E-state index >= 15 is 0 Å². The number of carbonyl (C=O) groups is 1. The Labute approximate surface area is 153 Å². The molecular weight excluding hydrogens is 387 g/mol. The van der Waals surface area contributed by atoms with E-state index in [4.69, 9.17) is 0 Å². The van der Waals surface area contributed by atoms with Gasteiger partial charge in [0, 0.05) is 0 Å². The second-order valence-corrected chi connectivity index (χ2v) is 8.89. The molecule has 0 aliphatic rings. The Morgan fingerprint density at radius 1 is 1.40 bits per heavy atom. The SMILES string of the molecule is CCC(C(=O)Nc1nnc(SC)s1)N(c1ccccc1F)S(C)(=O)=O. The fourth-order valence-corrected chi connectivity index (χ4v) is 4.58. The summed E-state index contributed by atoms with van der Waals surface area (Å²) in [4.78, 5) is 12.6. The molecule has 0 fully saturated rings. The average molecular weight is 405 g/mol. The summed E-state index contributed by atoms with van der Waals surface area (Å²) in [5.74, 6) is -1.32. The van der Waals surface area contributed by atoms with Gasteiger partial charge in [-0.15, -0.1) is 10.2 Å². The summed E-state index contributed by atoms with van der Waals surface area (Å²) >= 11 is 2.55. The minimum absolute atomic E-state index is 0.154. The summed E-state index contributed by atoms with van der Waals surface area (Å²) in [6.07, 6.45) is 2.91. The molecule has 1 heterocycles. The molecule has 0 spiro atoms. The number of carbonyl (C=O) groups excluding carboxylic acids is 1. The zero-order valence-electron chi connectivity index (χ0n) is 13.8. The van der Waals surface area contributed by atoms with Gasteiger partial charge in [0.1, 0.15) is 11.9 Å². The lowest BCUT2D eigenvalue weighted by Gasteiger charge is -2.29. The van der Waals surface area contributed by atoms with Crippen molar-refractivity contribution in [2.75, 3.05) is 22.1 Å². The monoisotopic (exact) mass is 404 g/mol. The third-order valence-corrected chi connectivity index (χ3v) is 6.21. The number of thioether (sulfide) groups is 1. The summed E-state index contributed by atoms with van der Waals surface area (Å²) in [5.41, 5.74) is -0.172. The minimum Gasteiger partial charge on any atom is -0.299 e. The third-order valence-electron chi connectivity index (χ3n) is 3.23. The summed E-state index contributed by atoms with van der Waals surface area (Å²) in [6.45, 7) is 1.65. The van der Waals surface area contributed by atoms with Gasteiger partial charge in [-0.1, -0.05) is 42.2 Å². The third kappa shape index (κ3) is 4.67. The van der Waals surface area contributed by atoms with E-state index in [0.29, 0.717) is 4.34 Å². The predicted octanol–water partition coefficient (Wildman–Crippen LogP) is 2.58. The molecule has 1 unspecified atom stereocenters. The molecule has 11 heteroatoms. The van der Waals surface area contributed by atoms with E-state index in [0.717, 1.165) is 16.6 Å². The number of hydrogen-bond acceptors (Lipinski definition) is 7. The van der Waals surface area contributed by atoms with Crippen LogP contribution in [0.4, 0.5) is 15.2 Å². The Bertz CT molecular complexity index is 857. The molecule has 25 heavy (non-hydrogen) atoms. The lowest BCUT2D eigenvalue weighted by molar-refractivity contribution is -0.117. The molecule has 1 aromatic heterocycles. The first-order chi connectivity index (χ1) is 11.8. The summed E-state index contributed by atoms with van der Waals surface area (Å²) in [6, 6.07) is 4.31. The molecule has 2 aromatic rings. The van der Waals surface area contributed by atoms with Gasteiger partial charge in [0.05, 0.1) is 11.9 Å². The molecule has 7 nitrogen and oxygen atoms in total. The highest BCUT2D eigenvalue weighted by atomic mass is 32.2. The second kappa shape index (κ2) is 8.11. The number of halogens is 1. The van der Waals surface area contributed by atoms with E-state index in [1.54, 1.807) is 6.92 Å². The Morgan fingerprint density at radius 2 is 2.08 bits per heavy atom. The topological polar surface area (TPSA) is 92.3 Å². The Hall–Kier alpha value is -1.72. The number of aromatic nitrogens is 2. The van der Waals surface area contributed by atoms with E-state index in [1.165, 1.54) is 41.3 Å². The maximum absolute atomic E-state index is 14.1. The maximum atomic E-state index is 14.1. The molecule has 0 radical (unpaired) electrons. The van der Waals surface area contributed by atoms with Crippen LogP contribution in [-0.4, -0.2) is 43.1 Å². The highest BCUT2D eigenvalue weighted by Crippen LogP contribution is 2.27. The molecule has 1 amide bonds. The van der Waals surface area contributed by atoms with E-state index in [2.05, 4.69) is 15.5 Å². The molecule has 0 bridgehead atoms. The van der Waals surface area contributed by atoms with Gasteiger partial charge < -0.3 is 0 Å². The van der Waals surface area contributed by atoms with E-state index in [1.807, 2.05) is 6.26 Å². The van der Waals surface area contributed by atoms with Crippen molar-refractivity contribution in [1.29, 1.82) is 0 Å². The molecular formula is C14H17FN4O3S3. The van der Waals surface area contributed by atoms with Crippen molar-refractivity contribution >= 4 is 49.8 Å². The highest BCUT2D eigenvalue weighted by Gasteiger charge is 2.33. The number of nitrogens with one attached hydrogen (secondary N) is 1. The van der Waals surface area contributed by atoms with Crippen LogP contribution in [-0.2, 0) is 14.8 Å². The van der Waals surface area contributed by atoms with Gasteiger partial charge in [-0.25, -0.2) is 12.8 Å². The number of para-hydroxylation sites is 1. The smallest absolute Gasteiger partial charge is 0.250 e. The molecule has 1 aromatic carbocycles. The molecule has 1 atom stereocenters. The molecule has 0 aliphatic carbocycles. The molecule has 0 saturated carbocycles. The lowest BCUT2D eigenvalue weighted by Crippen LogP contribution is -2.47. The van der Waals surface area contributed by atoms with Crippen molar-refractivity contribution in [3.05, 3.63) is 30.1 Å². The van der Waals surface area contributed by atoms with Crippen molar-refractivity contribution < 1.29 is 17.6 Å². The number of rotatable bonds is 7. The normalized spacial score (nSPS) is 12.6. The van der Waals surface area contributed by atoms with Gasteiger partial charge in [0.15, 0.2) is 4.34 Å². The first kappa shape index (κ1) is 19.6. The first-order valence-electron chi connectivity index (χ1n) is 7.20. The van der Waals surface area contributed by atoms with Crippen molar-refractivity contribution in [3.8, 4) is 0 Å². The number of sulfonamides is 1. The summed E-state index contributed by atoms with van der Waals surface area (Å²) in [5, 5.41) is 10.5. The van der Waals surface area contributed by atoms with Crippen LogP contribution >= 0.6 is 23.1 Å². The van der Waals surface area contributed by atoms with Gasteiger partial charge in [-0.2, -0.15) is 0 Å². The largest absolute Gasteiger partial charge is 0.299 e. The Balaban J connectivity index is 2.36. The van der Waals surface area contributed by atoms with Crippen molar-refractivity contribution in [2.45, 2.75) is 23.7 Å². The minimum atomic E-state index is -3.89. The van der Waals surface area contributed by atoms with Crippen LogP contribution in [0.3, 0.4) is 0 Å². The zero-order chi connectivity index (χ0) is 18.6. The first-order valence-corrected chi connectivity index (χ1v) is 11.1.